The van der Waals surface area contributed by atoms with E-state index < -0.39 is 0 Å². The van der Waals surface area contributed by atoms with Gasteiger partial charge in [0.15, 0.2) is 11.5 Å². The van der Waals surface area contributed by atoms with Gasteiger partial charge in [-0.25, -0.2) is 0 Å². The number of aliphatic hydroxyl groups excluding tert-OH is 1. The van der Waals surface area contributed by atoms with Gasteiger partial charge in [-0.05, 0) is 37.5 Å². The maximum atomic E-state index is 12.1. The monoisotopic (exact) mass is 309 g/mol. The van der Waals surface area contributed by atoms with Crippen LogP contribution < -0.4 is 14.8 Å². The Morgan fingerprint density at radius 2 is 2.32 bits per heavy atom. The van der Waals surface area contributed by atoms with Crippen LogP contribution in [0.4, 0.5) is 0 Å². The number of nitrogens with one attached hydrogen (secondary N) is 1. The second kappa shape index (κ2) is 8.60. The Bertz CT molecular complexity index is 485. The van der Waals surface area contributed by atoms with Gasteiger partial charge in [0.05, 0.1) is 19.8 Å². The molecule has 1 aliphatic rings. The molecule has 0 saturated carbocycles. The van der Waals surface area contributed by atoms with Crippen molar-refractivity contribution in [3.05, 3.63) is 23.8 Å². The normalized spacial score (nSPS) is 17.3. The second-order valence-electron chi connectivity index (χ2n) is 5.12. The summed E-state index contributed by atoms with van der Waals surface area (Å²) in [6.07, 6.45) is 3.26. The van der Waals surface area contributed by atoms with Crippen molar-refractivity contribution in [1.82, 2.24) is 5.32 Å². The van der Waals surface area contributed by atoms with Crippen LogP contribution in [-0.2, 0) is 4.74 Å². The van der Waals surface area contributed by atoms with E-state index in [1.54, 1.807) is 18.2 Å². The quantitative estimate of drug-likeness (QED) is 0.758. The van der Waals surface area contributed by atoms with Gasteiger partial charge in [0.1, 0.15) is 6.61 Å². The standard InChI is InChI=1S/C16H23NO5/c1-20-14-5-4-12(11-15(14)22-10-8-18)16(19)17-7-6-13-3-2-9-21-13/h4-5,11,13,18H,2-3,6-10H2,1H3,(H,17,19)/t13-/m0/s1. The van der Waals surface area contributed by atoms with Crippen molar-refractivity contribution >= 4 is 5.91 Å². The van der Waals surface area contributed by atoms with Crippen molar-refractivity contribution in [2.75, 3.05) is 33.5 Å². The van der Waals surface area contributed by atoms with Crippen LogP contribution in [0.15, 0.2) is 18.2 Å². The molecule has 1 fully saturated rings. The Morgan fingerprint density at radius 3 is 3.00 bits per heavy atom. The maximum absolute atomic E-state index is 12.1. The number of carbonyl (C=O) groups is 1. The predicted molar refractivity (Wildman–Crippen MR) is 81.5 cm³/mol. The molecule has 6 heteroatoms. The molecule has 0 bridgehead atoms. The van der Waals surface area contributed by atoms with E-state index in [9.17, 15) is 4.79 Å². The lowest BCUT2D eigenvalue weighted by Gasteiger charge is -2.13. The lowest BCUT2D eigenvalue weighted by molar-refractivity contribution is 0.0906. The molecule has 1 aromatic carbocycles. The molecule has 1 amide bonds. The highest BCUT2D eigenvalue weighted by Gasteiger charge is 2.16. The van der Waals surface area contributed by atoms with Crippen LogP contribution >= 0.6 is 0 Å². The van der Waals surface area contributed by atoms with Gasteiger partial charge in [0.25, 0.3) is 5.91 Å². The summed E-state index contributed by atoms with van der Waals surface area (Å²) in [5.74, 6) is 0.821. The van der Waals surface area contributed by atoms with E-state index in [-0.39, 0.29) is 25.2 Å². The summed E-state index contributed by atoms with van der Waals surface area (Å²) in [6.45, 7) is 1.46. The van der Waals surface area contributed by atoms with Gasteiger partial charge in [-0.2, -0.15) is 0 Å². The number of ether oxygens (including phenoxy) is 3. The van der Waals surface area contributed by atoms with Crippen molar-refractivity contribution in [2.24, 2.45) is 0 Å². The van der Waals surface area contributed by atoms with E-state index >= 15 is 0 Å². The molecule has 1 heterocycles. The van der Waals surface area contributed by atoms with Crippen LogP contribution in [0.3, 0.4) is 0 Å². The summed E-state index contributed by atoms with van der Waals surface area (Å²) >= 11 is 0. The van der Waals surface area contributed by atoms with Crippen molar-refractivity contribution < 1.29 is 24.1 Å². The number of aliphatic hydroxyl groups is 1. The van der Waals surface area contributed by atoms with Crippen molar-refractivity contribution in [2.45, 2.75) is 25.4 Å². The van der Waals surface area contributed by atoms with Crippen LogP contribution in [0.1, 0.15) is 29.6 Å². The van der Waals surface area contributed by atoms with Gasteiger partial charge < -0.3 is 24.6 Å². The lowest BCUT2D eigenvalue weighted by Crippen LogP contribution is -2.27. The molecule has 0 radical (unpaired) electrons. The molecule has 1 atom stereocenters. The van der Waals surface area contributed by atoms with Crippen molar-refractivity contribution in [1.29, 1.82) is 0 Å². The number of rotatable bonds is 8. The van der Waals surface area contributed by atoms with Gasteiger partial charge in [-0.15, -0.1) is 0 Å². The Labute approximate surface area is 130 Å². The van der Waals surface area contributed by atoms with Gasteiger partial charge in [0, 0.05) is 18.7 Å². The summed E-state index contributed by atoms with van der Waals surface area (Å²) in [5, 5.41) is 11.7. The largest absolute Gasteiger partial charge is 0.493 e. The van der Waals surface area contributed by atoms with Crippen molar-refractivity contribution in [3.63, 3.8) is 0 Å². The van der Waals surface area contributed by atoms with E-state index in [1.807, 2.05) is 0 Å². The molecule has 1 aromatic rings. The fourth-order valence-corrected chi connectivity index (χ4v) is 2.41. The molecule has 22 heavy (non-hydrogen) atoms. The SMILES string of the molecule is COc1ccc(C(=O)NCC[C@@H]2CCCO2)cc1OCCO. The highest BCUT2D eigenvalue weighted by molar-refractivity contribution is 5.94. The van der Waals surface area contributed by atoms with E-state index in [0.717, 1.165) is 25.9 Å². The average molecular weight is 309 g/mol. The molecule has 2 N–H and O–H groups in total. The fourth-order valence-electron chi connectivity index (χ4n) is 2.41. The molecule has 2 rings (SSSR count). The van der Waals surface area contributed by atoms with Gasteiger partial charge in [-0.3, -0.25) is 4.79 Å². The number of hydrogen-bond acceptors (Lipinski definition) is 5. The molecule has 1 saturated heterocycles. The summed E-state index contributed by atoms with van der Waals surface area (Å²) in [4.78, 5) is 12.1. The topological polar surface area (TPSA) is 77.0 Å². The Balaban J connectivity index is 1.90. The van der Waals surface area contributed by atoms with Crippen LogP contribution in [0.25, 0.3) is 0 Å². The van der Waals surface area contributed by atoms with Crippen molar-refractivity contribution in [3.8, 4) is 11.5 Å². The van der Waals surface area contributed by atoms with Gasteiger partial charge in [-0.1, -0.05) is 0 Å². The zero-order valence-corrected chi connectivity index (χ0v) is 12.8. The molecule has 122 valence electrons. The zero-order chi connectivity index (χ0) is 15.8. The second-order valence-corrected chi connectivity index (χ2v) is 5.12. The number of amides is 1. The van der Waals surface area contributed by atoms with E-state index in [2.05, 4.69) is 5.32 Å². The number of benzene rings is 1. The van der Waals surface area contributed by atoms with E-state index in [1.165, 1.54) is 7.11 Å². The highest BCUT2D eigenvalue weighted by atomic mass is 16.5. The molecule has 0 aromatic heterocycles. The van der Waals surface area contributed by atoms with Crippen LogP contribution in [0, 0.1) is 0 Å². The molecule has 6 nitrogen and oxygen atoms in total. The first kappa shape index (κ1) is 16.6. The van der Waals surface area contributed by atoms with Crippen LogP contribution in [0.5, 0.6) is 11.5 Å². The molecule has 0 aliphatic carbocycles. The van der Waals surface area contributed by atoms with Gasteiger partial charge in [0.2, 0.25) is 0 Å². The van der Waals surface area contributed by atoms with E-state index in [0.29, 0.717) is 23.6 Å². The number of carbonyl (C=O) groups excluding carboxylic acids is 1. The fraction of sp³-hybridized carbons (Fsp3) is 0.562. The Morgan fingerprint density at radius 1 is 1.45 bits per heavy atom. The first-order chi connectivity index (χ1) is 10.7. The number of methoxy groups -OCH3 is 1. The minimum absolute atomic E-state index is 0.0963. The minimum Gasteiger partial charge on any atom is -0.493 e. The third-order valence-electron chi connectivity index (χ3n) is 3.55. The van der Waals surface area contributed by atoms with Crippen LogP contribution in [-0.4, -0.2) is 50.6 Å². The first-order valence-electron chi connectivity index (χ1n) is 7.56. The molecule has 0 unspecified atom stereocenters. The summed E-state index contributed by atoms with van der Waals surface area (Å²) in [5.41, 5.74) is 0.501. The van der Waals surface area contributed by atoms with Gasteiger partial charge >= 0.3 is 0 Å². The zero-order valence-electron chi connectivity index (χ0n) is 12.8. The van der Waals surface area contributed by atoms with Crippen LogP contribution in [0.2, 0.25) is 0 Å². The first-order valence-corrected chi connectivity index (χ1v) is 7.56. The third kappa shape index (κ3) is 4.61. The maximum Gasteiger partial charge on any atom is 0.251 e. The minimum atomic E-state index is -0.158. The number of hydrogen-bond donors (Lipinski definition) is 2. The summed E-state index contributed by atoms with van der Waals surface area (Å²) in [6, 6.07) is 4.99. The Kier molecular flexibility index (Phi) is 6.48. The summed E-state index contributed by atoms with van der Waals surface area (Å²) < 4.78 is 16.1. The molecule has 0 spiro atoms. The molecular formula is C16H23NO5. The predicted octanol–water partition coefficient (Wildman–Crippen LogP) is 1.37. The average Bonchev–Trinajstić information content (AvgIpc) is 3.05. The third-order valence-corrected chi connectivity index (χ3v) is 3.55. The van der Waals surface area contributed by atoms with E-state index in [4.69, 9.17) is 19.3 Å². The lowest BCUT2D eigenvalue weighted by atomic mass is 10.1. The molecule has 1 aliphatic heterocycles. The summed E-state index contributed by atoms with van der Waals surface area (Å²) in [7, 11) is 1.53. The smallest absolute Gasteiger partial charge is 0.251 e. The Hall–Kier alpha value is -1.79. The highest BCUT2D eigenvalue weighted by Crippen LogP contribution is 2.28. The molecular weight excluding hydrogens is 286 g/mol.